The Hall–Kier alpha value is -1.74. The third-order valence-corrected chi connectivity index (χ3v) is 4.26. The molecule has 0 aliphatic heterocycles. The van der Waals surface area contributed by atoms with Crippen molar-refractivity contribution in [2.45, 2.75) is 19.3 Å². The van der Waals surface area contributed by atoms with Gasteiger partial charge in [-0.25, -0.2) is 8.78 Å². The van der Waals surface area contributed by atoms with Gasteiger partial charge in [0.25, 0.3) is 0 Å². The Morgan fingerprint density at radius 3 is 2.25 bits per heavy atom. The van der Waals surface area contributed by atoms with Crippen LogP contribution in [0.4, 0.5) is 8.78 Å². The van der Waals surface area contributed by atoms with E-state index in [9.17, 15) is 8.78 Å². The fourth-order valence-electron chi connectivity index (χ4n) is 3.20. The van der Waals surface area contributed by atoms with E-state index in [2.05, 4.69) is 12.1 Å². The molecule has 0 saturated heterocycles. The zero-order valence-corrected chi connectivity index (χ0v) is 11.2. The maximum atomic E-state index is 13.9. The number of halogens is 2. The lowest BCUT2D eigenvalue weighted by Crippen LogP contribution is -2.34. The summed E-state index contributed by atoms with van der Waals surface area (Å²) in [5.41, 5.74) is 8.74. The van der Waals surface area contributed by atoms with E-state index in [1.165, 1.54) is 23.3 Å². The van der Waals surface area contributed by atoms with E-state index in [1.807, 2.05) is 12.1 Å². The van der Waals surface area contributed by atoms with Gasteiger partial charge in [0.15, 0.2) is 0 Å². The first-order valence-electron chi connectivity index (χ1n) is 6.83. The van der Waals surface area contributed by atoms with Crippen LogP contribution >= 0.6 is 0 Å². The fraction of sp³-hybridized carbons (Fsp3) is 0.294. The highest BCUT2D eigenvalue weighted by Gasteiger charge is 2.36. The third-order valence-electron chi connectivity index (χ3n) is 4.26. The normalized spacial score (nSPS) is 16.1. The van der Waals surface area contributed by atoms with Crippen LogP contribution in [-0.4, -0.2) is 6.54 Å². The van der Waals surface area contributed by atoms with Gasteiger partial charge in [-0.05, 0) is 66.1 Å². The quantitative estimate of drug-likeness (QED) is 0.912. The van der Waals surface area contributed by atoms with E-state index in [4.69, 9.17) is 5.73 Å². The molecule has 0 saturated carbocycles. The summed E-state index contributed by atoms with van der Waals surface area (Å²) in [4.78, 5) is 0. The molecule has 1 aliphatic rings. The van der Waals surface area contributed by atoms with Crippen molar-refractivity contribution in [3.05, 3.63) is 70.8 Å². The Bertz CT molecular complexity index is 612. The minimum absolute atomic E-state index is 0.196. The zero-order valence-electron chi connectivity index (χ0n) is 11.2. The highest BCUT2D eigenvalue weighted by Crippen LogP contribution is 2.39. The lowest BCUT2D eigenvalue weighted by molar-refractivity contribution is 0.310. The molecule has 0 spiro atoms. The Labute approximate surface area is 117 Å². The van der Waals surface area contributed by atoms with Gasteiger partial charge in [0.2, 0.25) is 0 Å². The van der Waals surface area contributed by atoms with Crippen molar-refractivity contribution in [2.75, 3.05) is 6.54 Å². The lowest BCUT2D eigenvalue weighted by Gasteiger charge is -2.27. The molecule has 20 heavy (non-hydrogen) atoms. The van der Waals surface area contributed by atoms with Gasteiger partial charge in [0, 0.05) is 0 Å². The van der Waals surface area contributed by atoms with Gasteiger partial charge in [-0.3, -0.25) is 0 Å². The van der Waals surface area contributed by atoms with E-state index in [1.54, 1.807) is 0 Å². The van der Waals surface area contributed by atoms with Crippen molar-refractivity contribution in [3.8, 4) is 0 Å². The summed E-state index contributed by atoms with van der Waals surface area (Å²) in [6.45, 7) is 0.470. The Morgan fingerprint density at radius 2 is 1.65 bits per heavy atom. The maximum absolute atomic E-state index is 13.9. The molecular weight excluding hydrogens is 256 g/mol. The van der Waals surface area contributed by atoms with Crippen molar-refractivity contribution < 1.29 is 8.78 Å². The number of hydrogen-bond acceptors (Lipinski definition) is 1. The summed E-state index contributed by atoms with van der Waals surface area (Å²) in [5, 5.41) is 0. The Morgan fingerprint density at radius 1 is 1.00 bits per heavy atom. The second kappa shape index (κ2) is 4.98. The lowest BCUT2D eigenvalue weighted by atomic mass is 9.79. The van der Waals surface area contributed by atoms with Gasteiger partial charge >= 0.3 is 0 Å². The monoisotopic (exact) mass is 273 g/mol. The van der Waals surface area contributed by atoms with Gasteiger partial charge in [0.05, 0.1) is 0 Å². The first-order chi connectivity index (χ1) is 9.62. The summed E-state index contributed by atoms with van der Waals surface area (Å²) in [6, 6.07) is 11.8. The Kier molecular flexibility index (Phi) is 3.30. The van der Waals surface area contributed by atoms with Gasteiger partial charge < -0.3 is 5.73 Å². The minimum atomic E-state index is -0.399. The number of benzene rings is 2. The molecule has 2 N–H and O–H groups in total. The first kappa shape index (κ1) is 13.3. The average Bonchev–Trinajstić information content (AvgIpc) is 2.81. The summed E-state index contributed by atoms with van der Waals surface area (Å²) in [7, 11) is 0. The summed E-state index contributed by atoms with van der Waals surface area (Å²) < 4.78 is 27.2. The van der Waals surface area contributed by atoms with Gasteiger partial charge in [-0.1, -0.05) is 24.3 Å². The van der Waals surface area contributed by atoms with Crippen molar-refractivity contribution in [2.24, 2.45) is 11.1 Å². The third kappa shape index (κ3) is 2.34. The molecule has 0 unspecified atom stereocenters. The van der Waals surface area contributed by atoms with E-state index in [0.717, 1.165) is 18.9 Å². The number of hydrogen-bond donors (Lipinski definition) is 1. The largest absolute Gasteiger partial charge is 0.330 e. The van der Waals surface area contributed by atoms with Crippen LogP contribution < -0.4 is 5.73 Å². The number of fused-ring (bicyclic) bond motifs is 1. The topological polar surface area (TPSA) is 26.0 Å². The smallest absolute Gasteiger partial charge is 0.126 e. The summed E-state index contributed by atoms with van der Waals surface area (Å²) >= 11 is 0. The molecule has 1 aliphatic carbocycles. The highest BCUT2D eigenvalue weighted by atomic mass is 19.1. The second-order valence-electron chi connectivity index (χ2n) is 5.74. The predicted molar refractivity (Wildman–Crippen MR) is 75.4 cm³/mol. The van der Waals surface area contributed by atoms with Crippen molar-refractivity contribution >= 4 is 0 Å². The average molecular weight is 273 g/mol. The molecule has 3 heteroatoms. The predicted octanol–water partition coefficient (Wildman–Crippen LogP) is 3.25. The molecule has 0 amide bonds. The van der Waals surface area contributed by atoms with Crippen LogP contribution in [0.15, 0.2) is 42.5 Å². The maximum Gasteiger partial charge on any atom is 0.126 e. The molecule has 0 aromatic heterocycles. The number of rotatable bonds is 3. The van der Waals surface area contributed by atoms with Gasteiger partial charge in [-0.15, -0.1) is 0 Å². The van der Waals surface area contributed by atoms with Crippen LogP contribution in [-0.2, 0) is 19.3 Å². The van der Waals surface area contributed by atoms with E-state index < -0.39 is 5.82 Å². The SMILES string of the molecule is NCC1(Cc2cc(F)ccc2F)Cc2ccccc2C1. The summed E-state index contributed by atoms with van der Waals surface area (Å²) in [5.74, 6) is -0.751. The van der Waals surface area contributed by atoms with E-state index >= 15 is 0 Å². The zero-order chi connectivity index (χ0) is 14.2. The van der Waals surface area contributed by atoms with Crippen LogP contribution in [0, 0.1) is 17.0 Å². The first-order valence-corrected chi connectivity index (χ1v) is 6.83. The molecule has 0 heterocycles. The van der Waals surface area contributed by atoms with Crippen molar-refractivity contribution in [1.82, 2.24) is 0 Å². The molecule has 2 aromatic rings. The molecule has 0 radical (unpaired) electrons. The highest BCUT2D eigenvalue weighted by molar-refractivity contribution is 5.36. The molecule has 104 valence electrons. The van der Waals surface area contributed by atoms with Gasteiger partial charge in [-0.2, -0.15) is 0 Å². The standard InChI is InChI=1S/C17H17F2N/c18-15-5-6-16(19)14(7-15)10-17(11-20)8-12-3-1-2-4-13(12)9-17/h1-7H,8-11,20H2. The van der Waals surface area contributed by atoms with Crippen LogP contribution in [0.3, 0.4) is 0 Å². The molecule has 1 nitrogen and oxygen atoms in total. The molecule has 0 atom stereocenters. The van der Waals surface area contributed by atoms with Crippen LogP contribution in [0.5, 0.6) is 0 Å². The second-order valence-corrected chi connectivity index (χ2v) is 5.74. The van der Waals surface area contributed by atoms with Gasteiger partial charge in [0.1, 0.15) is 11.6 Å². The van der Waals surface area contributed by atoms with Crippen LogP contribution in [0.1, 0.15) is 16.7 Å². The minimum Gasteiger partial charge on any atom is -0.330 e. The molecule has 2 aromatic carbocycles. The van der Waals surface area contributed by atoms with Crippen molar-refractivity contribution in [1.29, 1.82) is 0 Å². The van der Waals surface area contributed by atoms with E-state index in [0.29, 0.717) is 18.5 Å². The fourth-order valence-corrected chi connectivity index (χ4v) is 3.20. The molecule has 3 rings (SSSR count). The van der Waals surface area contributed by atoms with Crippen LogP contribution in [0.2, 0.25) is 0 Å². The molecule has 0 fully saturated rings. The molecule has 0 bridgehead atoms. The Balaban J connectivity index is 1.91. The van der Waals surface area contributed by atoms with E-state index in [-0.39, 0.29) is 11.2 Å². The summed E-state index contributed by atoms with van der Waals surface area (Å²) in [6.07, 6.45) is 2.13. The number of nitrogens with two attached hydrogens (primary N) is 1. The molecular formula is C17H17F2N. The van der Waals surface area contributed by atoms with Crippen molar-refractivity contribution in [3.63, 3.8) is 0 Å². The van der Waals surface area contributed by atoms with Crippen LogP contribution in [0.25, 0.3) is 0 Å².